The van der Waals surface area contributed by atoms with Crippen molar-refractivity contribution in [2.24, 2.45) is 0 Å². The molecule has 5 aromatic rings. The van der Waals surface area contributed by atoms with Crippen molar-refractivity contribution in [3.8, 4) is 0 Å². The van der Waals surface area contributed by atoms with Crippen LogP contribution in [0, 0.1) is 20.8 Å². The number of imidazole rings is 1. The van der Waals surface area contributed by atoms with E-state index in [9.17, 15) is 58.2 Å². The largest absolute Gasteiger partial charge is 0.394 e. The van der Waals surface area contributed by atoms with E-state index in [-0.39, 0.29) is 59.4 Å². The number of nitrogens with one attached hydrogen (secondary N) is 4. The van der Waals surface area contributed by atoms with E-state index in [1.807, 2.05) is 0 Å². The molecule has 9 rings (SSSR count). The van der Waals surface area contributed by atoms with Gasteiger partial charge in [0.15, 0.2) is 23.6 Å². The van der Waals surface area contributed by atoms with Gasteiger partial charge in [-0.25, -0.2) is 19.4 Å². The van der Waals surface area contributed by atoms with Crippen molar-refractivity contribution in [2.75, 3.05) is 59.6 Å². The summed E-state index contributed by atoms with van der Waals surface area (Å²) in [6, 6.07) is 0. The van der Waals surface area contributed by atoms with E-state index >= 15 is 0 Å². The fraction of sp³-hybridized carbons (Fsp3) is 0.638. The molecule has 50 heteroatoms. The number of fused-ring (bicyclic) bond motifs is 1. The fourth-order valence-corrected chi connectivity index (χ4v) is 18.8. The molecule has 39 nitrogen and oxygen atoms in total. The van der Waals surface area contributed by atoms with Crippen LogP contribution in [-0.4, -0.2) is 194 Å². The van der Waals surface area contributed by atoms with Crippen molar-refractivity contribution in [3.05, 3.63) is 114 Å². The van der Waals surface area contributed by atoms with Gasteiger partial charge in [-0.3, -0.25) is 66.4 Å². The summed E-state index contributed by atoms with van der Waals surface area (Å²) in [4.78, 5) is 154. The highest BCUT2D eigenvalue weighted by Crippen LogP contribution is 2.57. The van der Waals surface area contributed by atoms with Crippen molar-refractivity contribution in [2.45, 2.75) is 140 Å². The maximum atomic E-state index is 13.5. The van der Waals surface area contributed by atoms with E-state index in [1.54, 1.807) is 13.8 Å². The number of rotatable bonds is 31. The Morgan fingerprint density at radius 1 is 0.577 bits per heavy atom. The van der Waals surface area contributed by atoms with Crippen LogP contribution in [0.4, 0.5) is 5.95 Å². The van der Waals surface area contributed by atoms with Gasteiger partial charge in [-0.2, -0.15) is 4.98 Å². The summed E-state index contributed by atoms with van der Waals surface area (Å²) in [5, 5.41) is 9.40. The van der Waals surface area contributed by atoms with Gasteiger partial charge in [0.05, 0.1) is 64.3 Å². The third-order valence-electron chi connectivity index (χ3n) is 14.9. The van der Waals surface area contributed by atoms with Gasteiger partial charge in [0.2, 0.25) is 11.6 Å². The van der Waals surface area contributed by atoms with Crippen LogP contribution in [0.15, 0.2) is 58.5 Å². The lowest BCUT2D eigenvalue weighted by molar-refractivity contribution is -0.0639. The highest BCUT2D eigenvalue weighted by atomic mass is 32.9. The summed E-state index contributed by atoms with van der Waals surface area (Å²) in [6.07, 6.45) is -15.5. The molecule has 4 saturated heterocycles. The van der Waals surface area contributed by atoms with E-state index in [4.69, 9.17) is 138 Å². The van der Waals surface area contributed by atoms with Crippen molar-refractivity contribution >= 4 is 121 Å². The van der Waals surface area contributed by atoms with Crippen LogP contribution in [0.2, 0.25) is 0 Å². The minimum absolute atomic E-state index is 0.0312. The number of aromatic amines is 4. The van der Waals surface area contributed by atoms with E-state index in [0.717, 1.165) is 19.9 Å². The zero-order chi connectivity index (χ0) is 71.0. The summed E-state index contributed by atoms with van der Waals surface area (Å²) >= 11 is 31.7. The molecule has 0 amide bonds. The Bertz CT molecular complexity index is 4400. The van der Waals surface area contributed by atoms with Gasteiger partial charge in [0.1, 0.15) is 61.3 Å². The van der Waals surface area contributed by atoms with E-state index in [1.165, 1.54) is 58.3 Å². The summed E-state index contributed by atoms with van der Waals surface area (Å²) in [5.74, 6) is -0.217. The molecule has 11 N–H and O–H groups in total. The standard InChI is InChI=1S/C47H68N11O28P5S6/c1-20(2)82-91(96,97)77-16-27-25(11-31(79-27)58-19-49-32-37(58)50-44(48)51-41(32)63)84-88(68,93)74-15-26-24(10-30(78-26)55-12-21(3)38(60)52-45(55)64)83-89(69,94)75-17-28-34(36(72-7)43(80-28)57-14-23(5)40(62)54-47(57)66)86-90(70,95)76-18-29-33(85-87(67,92)73-9-8-59)35(71-6)42(81-29)56-13-22(4)39(61)53-46(56)65/h12-14,19-20,24-31,33-36,42-43,59H,8-11,15-18H2,1-7H3,(H,67,92)(H,68,93)(H,69,94)(H,70,95)(H,96,97)(H,52,60,64)(H,53,61,65)(H,54,62,66)(H3,48,50,51,63)/t24?,25?,26-,27-,28-,29-,30-,31-,33?,34?,35+,36+,42-,43-,87?,88?,89?,90?/m1/s1. The Balaban J connectivity index is 0.953. The number of aromatic nitrogens is 10. The first-order chi connectivity index (χ1) is 45.4. The minimum Gasteiger partial charge on any atom is -0.394 e. The van der Waals surface area contributed by atoms with Crippen LogP contribution in [0.1, 0.15) is 68.3 Å². The van der Waals surface area contributed by atoms with Crippen molar-refractivity contribution in [3.63, 3.8) is 0 Å². The van der Waals surface area contributed by atoms with Gasteiger partial charge in [-0.05, 0) is 93.7 Å². The van der Waals surface area contributed by atoms with Crippen LogP contribution in [0.3, 0.4) is 0 Å². The number of aliphatic hydroxyl groups excluding tert-OH is 1. The highest BCUT2D eigenvalue weighted by molar-refractivity contribution is 8.60. The maximum absolute atomic E-state index is 13.5. The second kappa shape index (κ2) is 31.9. The Morgan fingerprint density at radius 2 is 0.979 bits per heavy atom. The molecule has 4 aliphatic heterocycles. The molecule has 4 aliphatic rings. The normalized spacial score (nSPS) is 29.2. The van der Waals surface area contributed by atoms with Gasteiger partial charge in [0.25, 0.3) is 22.2 Å². The Morgan fingerprint density at radius 3 is 1.42 bits per heavy atom. The molecule has 0 spiro atoms. The third kappa shape index (κ3) is 19.2. The second-order valence-electron chi connectivity index (χ2n) is 22.1. The van der Waals surface area contributed by atoms with Gasteiger partial charge >= 0.3 is 43.9 Å². The summed E-state index contributed by atoms with van der Waals surface area (Å²) in [7, 11) is 2.37. The summed E-state index contributed by atoms with van der Waals surface area (Å²) in [6.45, 7) is -14.2. The average Bonchev–Trinajstić information content (AvgIpc) is 1.66. The van der Waals surface area contributed by atoms with E-state index < -0.39 is 191 Å². The number of aryl methyl sites for hydroxylation is 3. The predicted molar refractivity (Wildman–Crippen MR) is 359 cm³/mol. The number of anilines is 1. The van der Waals surface area contributed by atoms with Gasteiger partial charge < -0.3 is 95.0 Å². The Labute approximate surface area is 577 Å². The molecule has 9 unspecified atom stereocenters. The summed E-state index contributed by atoms with van der Waals surface area (Å²) < 4.78 is 99.4. The number of hydrogen-bond donors (Lipinski definition) is 11. The van der Waals surface area contributed by atoms with Crippen molar-refractivity contribution in [1.82, 2.24) is 48.2 Å². The highest BCUT2D eigenvalue weighted by Gasteiger charge is 2.53. The molecule has 97 heavy (non-hydrogen) atoms. The molecule has 0 radical (unpaired) electrons. The lowest BCUT2D eigenvalue weighted by Gasteiger charge is -2.30. The second-order valence-corrected chi connectivity index (χ2v) is 38.5. The third-order valence-corrected chi connectivity index (χ3v) is 23.6. The van der Waals surface area contributed by atoms with Crippen molar-refractivity contribution in [1.29, 1.82) is 0 Å². The van der Waals surface area contributed by atoms with Crippen LogP contribution in [0.25, 0.3) is 11.2 Å². The number of thiol groups is 1. The number of nitrogens with zero attached hydrogens (tertiary/aromatic N) is 6. The molecular formula is C47H68N11O28P5S6. The number of hydrogen-bond acceptors (Lipinski definition) is 32. The SMILES string of the molecule is CO[C@H]1C(OP(O)(=S)OC[C@H]2O[C@@H](n3cc(C)c(=O)[nH]c3=O)[C@@H](OC)C2OP(O)(=S)OCCO)[C@@H](COP(O)(=S)OC2C[C@H](n3cc(C)c(=O)[nH]c3=O)O[C@@H]2COP(O)(=S)OC2C[C@H](n3cnc4c(=O)[nH]c(N)nc43)O[C@@H]2COP(=S)(S)OC(C)C)O[C@H]1n1cc(C)c(=O)[nH]c1=O. The monoisotopic (exact) mass is 1580 g/mol. The number of H-pyrrole nitrogens is 4. The summed E-state index contributed by atoms with van der Waals surface area (Å²) in [5.41, 5.74) is -2.84. The van der Waals surface area contributed by atoms with Crippen LogP contribution < -0.4 is 45.0 Å². The number of aliphatic hydroxyl groups is 1. The molecule has 0 saturated carbocycles. The molecule has 0 aromatic carbocycles. The van der Waals surface area contributed by atoms with Gasteiger partial charge in [-0.15, -0.1) is 0 Å². The molecule has 0 aliphatic carbocycles. The van der Waals surface area contributed by atoms with Gasteiger partial charge in [-0.1, -0.05) is 12.2 Å². The first-order valence-corrected chi connectivity index (χ1v) is 42.8. The quantitative estimate of drug-likeness (QED) is 0.0201. The zero-order valence-electron chi connectivity index (χ0n) is 51.7. The number of nitrogen functional groups attached to an aromatic ring is 1. The minimum atomic E-state index is -4.73. The molecule has 4 fully saturated rings. The molecule has 0 bridgehead atoms. The smallest absolute Gasteiger partial charge is 0.330 e. The van der Waals surface area contributed by atoms with E-state index in [2.05, 4.69) is 42.2 Å². The Hall–Kier alpha value is -3.05. The van der Waals surface area contributed by atoms with Crippen LogP contribution in [0.5, 0.6) is 0 Å². The number of methoxy groups -OCH3 is 2. The average molecular weight is 1580 g/mol. The maximum Gasteiger partial charge on any atom is 0.330 e. The first kappa shape index (κ1) is 78.1. The fourth-order valence-electron chi connectivity index (χ4n) is 10.6. The zero-order valence-corrected chi connectivity index (χ0v) is 61.2. The predicted octanol–water partition coefficient (Wildman–Crippen LogP) is -0.260. The van der Waals surface area contributed by atoms with Crippen molar-refractivity contribution < 1.29 is 98.3 Å². The van der Waals surface area contributed by atoms with Crippen LogP contribution in [-0.2, 0) is 133 Å². The number of ether oxygens (including phenoxy) is 6. The molecule has 540 valence electrons. The Kier molecular flexibility index (Phi) is 25.7. The molecule has 9 heterocycles. The molecule has 5 aromatic heterocycles. The van der Waals surface area contributed by atoms with Crippen LogP contribution >= 0.6 is 44.8 Å². The molecule has 19 atom stereocenters. The van der Waals surface area contributed by atoms with E-state index in [0.29, 0.717) is 0 Å². The first-order valence-electron chi connectivity index (χ1n) is 28.7. The topological polar surface area (TPSA) is 503 Å². The van der Waals surface area contributed by atoms with Gasteiger partial charge in [0, 0.05) is 62.3 Å². The lowest BCUT2D eigenvalue weighted by Crippen LogP contribution is -2.41. The number of nitrogens with two attached hydrogens (primary N) is 1. The lowest BCUT2D eigenvalue weighted by atomic mass is 10.1. The molecular weight excluding hydrogens is 1510 g/mol.